The van der Waals surface area contributed by atoms with Crippen LogP contribution in [0.15, 0.2) is 36.7 Å². The number of rotatable bonds is 8. The van der Waals surface area contributed by atoms with Gasteiger partial charge in [-0.15, -0.1) is 0 Å². The van der Waals surface area contributed by atoms with Crippen molar-refractivity contribution < 1.29 is 19.1 Å². The van der Waals surface area contributed by atoms with Crippen LogP contribution in [0.2, 0.25) is 0 Å². The minimum Gasteiger partial charge on any atom is -0.493 e. The highest BCUT2D eigenvalue weighted by Gasteiger charge is 2.14. The molecule has 1 N–H and O–H groups in total. The zero-order valence-corrected chi connectivity index (χ0v) is 18.7. The second-order valence-electron chi connectivity index (χ2n) is 6.60. The summed E-state index contributed by atoms with van der Waals surface area (Å²) in [4.78, 5) is 31.4. The van der Waals surface area contributed by atoms with E-state index in [0.29, 0.717) is 33.8 Å². The number of aryl methyl sites for hydroxylation is 1. The number of carbonyl (C=O) groups is 2. The van der Waals surface area contributed by atoms with E-state index in [9.17, 15) is 9.59 Å². The largest absolute Gasteiger partial charge is 0.493 e. The van der Waals surface area contributed by atoms with Gasteiger partial charge in [-0.2, -0.15) is 0 Å². The van der Waals surface area contributed by atoms with Crippen molar-refractivity contribution in [1.29, 1.82) is 0 Å². The normalized spacial score (nSPS) is 10.1. The lowest BCUT2D eigenvalue weighted by molar-refractivity contribution is -0.132. The average Bonchev–Trinajstić information content (AvgIpc) is 2.78. The van der Waals surface area contributed by atoms with Crippen LogP contribution in [-0.2, 0) is 11.2 Å². The standard InChI is InChI=1S/C22H23N3O4.C2H6/c1-4-5-6-15-9-17(8-7-16(15)12-26)25-22-18-10-21(29-14(2)27)20(28-3)11-19(18)23-13-24-22;1-2/h7-13H,4-6H2,1-3H3,(H,23,24,25);1-2H3. The van der Waals surface area contributed by atoms with Gasteiger partial charge in [0.1, 0.15) is 18.4 Å². The number of methoxy groups -OCH3 is 1. The monoisotopic (exact) mass is 423 g/mol. The van der Waals surface area contributed by atoms with Crippen molar-refractivity contribution in [3.63, 3.8) is 0 Å². The highest BCUT2D eigenvalue weighted by atomic mass is 16.6. The minimum absolute atomic E-state index is 0.297. The number of benzene rings is 2. The molecule has 1 aromatic heterocycles. The van der Waals surface area contributed by atoms with Gasteiger partial charge in [-0.25, -0.2) is 9.97 Å². The number of ether oxygens (including phenoxy) is 2. The van der Waals surface area contributed by atoms with Crippen molar-refractivity contribution in [1.82, 2.24) is 9.97 Å². The maximum absolute atomic E-state index is 11.4. The first-order valence-corrected chi connectivity index (χ1v) is 10.4. The van der Waals surface area contributed by atoms with Gasteiger partial charge in [0.05, 0.1) is 12.6 Å². The van der Waals surface area contributed by atoms with E-state index < -0.39 is 5.97 Å². The summed E-state index contributed by atoms with van der Waals surface area (Å²) in [6, 6.07) is 8.98. The first-order valence-electron chi connectivity index (χ1n) is 10.4. The number of aldehydes is 1. The fourth-order valence-corrected chi connectivity index (χ4v) is 3.08. The number of esters is 1. The van der Waals surface area contributed by atoms with Gasteiger partial charge in [0.15, 0.2) is 11.5 Å². The predicted molar refractivity (Wildman–Crippen MR) is 122 cm³/mol. The first kappa shape index (κ1) is 23.8. The molecule has 0 saturated carbocycles. The van der Waals surface area contributed by atoms with Gasteiger partial charge >= 0.3 is 5.97 Å². The lowest BCUT2D eigenvalue weighted by Crippen LogP contribution is -2.04. The number of nitrogens with zero attached hydrogens (tertiary/aromatic N) is 2. The van der Waals surface area contributed by atoms with Crippen LogP contribution in [0.25, 0.3) is 10.9 Å². The number of nitrogens with one attached hydrogen (secondary N) is 1. The van der Waals surface area contributed by atoms with Gasteiger partial charge in [-0.05, 0) is 42.7 Å². The van der Waals surface area contributed by atoms with Gasteiger partial charge in [0.25, 0.3) is 0 Å². The third-order valence-corrected chi connectivity index (χ3v) is 4.51. The van der Waals surface area contributed by atoms with Crippen molar-refractivity contribution in [2.45, 2.75) is 47.0 Å². The fraction of sp³-hybridized carbons (Fsp3) is 0.333. The molecule has 0 unspecified atom stereocenters. The summed E-state index contributed by atoms with van der Waals surface area (Å²) in [6.07, 6.45) is 5.22. The van der Waals surface area contributed by atoms with E-state index in [2.05, 4.69) is 22.2 Å². The molecule has 0 fully saturated rings. The van der Waals surface area contributed by atoms with Crippen LogP contribution >= 0.6 is 0 Å². The summed E-state index contributed by atoms with van der Waals surface area (Å²) in [6.45, 7) is 7.45. The van der Waals surface area contributed by atoms with E-state index in [-0.39, 0.29) is 0 Å². The Balaban J connectivity index is 0.00000166. The van der Waals surface area contributed by atoms with E-state index in [1.165, 1.54) is 20.4 Å². The maximum Gasteiger partial charge on any atom is 0.308 e. The second kappa shape index (κ2) is 11.6. The van der Waals surface area contributed by atoms with Gasteiger partial charge in [-0.3, -0.25) is 9.59 Å². The third-order valence-electron chi connectivity index (χ3n) is 4.51. The Morgan fingerprint density at radius 1 is 1.13 bits per heavy atom. The van der Waals surface area contributed by atoms with Crippen LogP contribution in [0, 0.1) is 0 Å². The quantitative estimate of drug-likeness (QED) is 0.291. The lowest BCUT2D eigenvalue weighted by Gasteiger charge is -2.13. The Kier molecular flexibility index (Phi) is 8.94. The number of hydrogen-bond acceptors (Lipinski definition) is 7. The van der Waals surface area contributed by atoms with E-state index in [1.54, 1.807) is 18.2 Å². The molecule has 31 heavy (non-hydrogen) atoms. The van der Waals surface area contributed by atoms with Crippen molar-refractivity contribution in [3.05, 3.63) is 47.8 Å². The number of aromatic nitrogens is 2. The van der Waals surface area contributed by atoms with E-state index in [1.807, 2.05) is 26.0 Å². The molecule has 7 nitrogen and oxygen atoms in total. The molecule has 0 aliphatic rings. The van der Waals surface area contributed by atoms with Crippen molar-refractivity contribution >= 4 is 34.7 Å². The molecule has 0 aliphatic carbocycles. The molecule has 0 radical (unpaired) electrons. The maximum atomic E-state index is 11.4. The Labute approximate surface area is 182 Å². The molecule has 7 heteroatoms. The molecule has 3 aromatic rings. The zero-order valence-electron chi connectivity index (χ0n) is 18.7. The van der Waals surface area contributed by atoms with Crippen LogP contribution in [0.5, 0.6) is 11.5 Å². The predicted octanol–water partition coefficient (Wildman–Crippen LogP) is 5.49. The number of hydrogen-bond donors (Lipinski definition) is 1. The summed E-state index contributed by atoms with van der Waals surface area (Å²) in [5.41, 5.74) is 3.14. The second-order valence-corrected chi connectivity index (χ2v) is 6.60. The molecular formula is C24H29N3O4. The van der Waals surface area contributed by atoms with Crippen LogP contribution in [0.1, 0.15) is 56.5 Å². The summed E-state index contributed by atoms with van der Waals surface area (Å²) in [5.74, 6) is 0.824. The minimum atomic E-state index is -0.445. The van der Waals surface area contributed by atoms with E-state index >= 15 is 0 Å². The third kappa shape index (κ3) is 6.01. The Hall–Kier alpha value is -3.48. The van der Waals surface area contributed by atoms with Crippen LogP contribution in [0.3, 0.4) is 0 Å². The van der Waals surface area contributed by atoms with E-state index in [0.717, 1.165) is 36.8 Å². The molecule has 1 heterocycles. The zero-order chi connectivity index (χ0) is 22.8. The molecule has 3 rings (SSSR count). The Morgan fingerprint density at radius 3 is 2.55 bits per heavy atom. The van der Waals surface area contributed by atoms with Crippen molar-refractivity contribution in [3.8, 4) is 11.5 Å². The molecule has 0 saturated heterocycles. The smallest absolute Gasteiger partial charge is 0.308 e. The fourth-order valence-electron chi connectivity index (χ4n) is 3.08. The molecule has 2 aromatic carbocycles. The van der Waals surface area contributed by atoms with Gasteiger partial charge in [-0.1, -0.05) is 27.2 Å². The highest BCUT2D eigenvalue weighted by Crippen LogP contribution is 2.35. The number of unbranched alkanes of at least 4 members (excludes halogenated alkanes) is 1. The number of fused-ring (bicyclic) bond motifs is 1. The summed E-state index contributed by atoms with van der Waals surface area (Å²) in [5, 5.41) is 3.96. The number of carbonyl (C=O) groups excluding carboxylic acids is 2. The van der Waals surface area contributed by atoms with Crippen molar-refractivity contribution in [2.75, 3.05) is 12.4 Å². The first-order chi connectivity index (χ1) is 15.0. The van der Waals surface area contributed by atoms with Crippen LogP contribution < -0.4 is 14.8 Å². The molecule has 0 atom stereocenters. The molecule has 0 bridgehead atoms. The van der Waals surface area contributed by atoms with Crippen molar-refractivity contribution in [2.24, 2.45) is 0 Å². The topological polar surface area (TPSA) is 90.4 Å². The Bertz CT molecular complexity index is 1050. The van der Waals surface area contributed by atoms with Gasteiger partial charge < -0.3 is 14.8 Å². The molecule has 0 spiro atoms. The van der Waals surface area contributed by atoms with Gasteiger partial charge in [0.2, 0.25) is 0 Å². The summed E-state index contributed by atoms with van der Waals surface area (Å²) in [7, 11) is 1.50. The average molecular weight is 424 g/mol. The van der Waals surface area contributed by atoms with Crippen LogP contribution in [0.4, 0.5) is 11.5 Å². The van der Waals surface area contributed by atoms with Gasteiger partial charge in [0, 0.05) is 29.6 Å². The summed E-state index contributed by atoms with van der Waals surface area (Å²) >= 11 is 0. The highest BCUT2D eigenvalue weighted by molar-refractivity contribution is 5.93. The number of anilines is 2. The molecule has 0 aliphatic heterocycles. The van der Waals surface area contributed by atoms with E-state index in [4.69, 9.17) is 9.47 Å². The molecule has 0 amide bonds. The summed E-state index contributed by atoms with van der Waals surface area (Å²) < 4.78 is 10.6. The molecule has 164 valence electrons. The molecular weight excluding hydrogens is 394 g/mol. The SMILES string of the molecule is CC.CCCCc1cc(Nc2ncnc3cc(OC)c(OC(C)=O)cc23)ccc1C=O. The van der Waals surface area contributed by atoms with Crippen LogP contribution in [-0.4, -0.2) is 29.3 Å². The Morgan fingerprint density at radius 2 is 1.90 bits per heavy atom. The lowest BCUT2D eigenvalue weighted by atomic mass is 10.0.